The van der Waals surface area contributed by atoms with Crippen LogP contribution in [0.1, 0.15) is 264 Å². The van der Waals surface area contributed by atoms with Crippen LogP contribution >= 0.6 is 0 Å². The summed E-state index contributed by atoms with van der Waals surface area (Å²) in [5.41, 5.74) is 0. The van der Waals surface area contributed by atoms with Crippen molar-refractivity contribution in [3.05, 3.63) is 12.2 Å². The average molecular weight is 942 g/mol. The molecular formula is C55H107NO10. The van der Waals surface area contributed by atoms with Gasteiger partial charge in [-0.1, -0.05) is 238 Å². The summed E-state index contributed by atoms with van der Waals surface area (Å²) < 4.78 is 11.1. The van der Waals surface area contributed by atoms with Gasteiger partial charge in [0, 0.05) is 0 Å². The van der Waals surface area contributed by atoms with Crippen molar-refractivity contribution in [1.82, 2.24) is 5.32 Å². The van der Waals surface area contributed by atoms with Crippen molar-refractivity contribution in [1.29, 1.82) is 0 Å². The first-order valence-electron chi connectivity index (χ1n) is 28.1. The van der Waals surface area contributed by atoms with Crippen LogP contribution in [-0.4, -0.2) is 110 Å². The Kier molecular flexibility index (Phi) is 42.9. The second-order valence-electron chi connectivity index (χ2n) is 20.0. The van der Waals surface area contributed by atoms with Crippen molar-refractivity contribution in [3.63, 3.8) is 0 Å². The van der Waals surface area contributed by atoms with Crippen LogP contribution < -0.4 is 5.32 Å². The second kappa shape index (κ2) is 45.0. The van der Waals surface area contributed by atoms with Gasteiger partial charge in [-0.15, -0.1) is 0 Å². The fraction of sp³-hybridized carbons (Fsp3) is 0.945. The molecule has 1 fully saturated rings. The number of rotatable bonds is 48. The van der Waals surface area contributed by atoms with E-state index >= 15 is 0 Å². The predicted octanol–water partition coefficient (Wildman–Crippen LogP) is 11.2. The van der Waals surface area contributed by atoms with Crippen LogP contribution in [0.3, 0.4) is 0 Å². The molecule has 66 heavy (non-hydrogen) atoms. The molecule has 1 aliphatic heterocycles. The summed E-state index contributed by atoms with van der Waals surface area (Å²) in [5, 5.41) is 75.8. The van der Waals surface area contributed by atoms with E-state index in [1.807, 2.05) is 0 Å². The first-order valence-corrected chi connectivity index (χ1v) is 28.1. The van der Waals surface area contributed by atoms with Gasteiger partial charge in [-0.05, 0) is 38.5 Å². The van der Waals surface area contributed by atoms with Crippen molar-refractivity contribution >= 4 is 5.91 Å². The molecule has 0 aliphatic carbocycles. The third-order valence-electron chi connectivity index (χ3n) is 13.8. The monoisotopic (exact) mass is 942 g/mol. The van der Waals surface area contributed by atoms with E-state index in [0.717, 1.165) is 38.5 Å². The number of allylic oxidation sites excluding steroid dienone is 2. The van der Waals surface area contributed by atoms with Crippen LogP contribution in [-0.2, 0) is 14.3 Å². The van der Waals surface area contributed by atoms with Crippen LogP contribution in [0.4, 0.5) is 0 Å². The topological polar surface area (TPSA) is 189 Å². The molecule has 0 radical (unpaired) electrons. The van der Waals surface area contributed by atoms with Gasteiger partial charge < -0.3 is 50.5 Å². The van der Waals surface area contributed by atoms with Crippen molar-refractivity contribution in [3.8, 4) is 0 Å². The highest BCUT2D eigenvalue weighted by molar-refractivity contribution is 5.80. The summed E-state index contributed by atoms with van der Waals surface area (Å²) in [6.07, 6.45) is 40.0. The molecule has 0 saturated carbocycles. The Morgan fingerprint density at radius 1 is 0.515 bits per heavy atom. The highest BCUT2D eigenvalue weighted by Crippen LogP contribution is 2.23. The summed E-state index contributed by atoms with van der Waals surface area (Å²) in [5.74, 6) is -0.702. The van der Waals surface area contributed by atoms with Gasteiger partial charge in [0.15, 0.2) is 6.29 Å². The van der Waals surface area contributed by atoms with Crippen LogP contribution in [0.25, 0.3) is 0 Å². The summed E-state index contributed by atoms with van der Waals surface area (Å²) in [6, 6.07) is -1.18. The van der Waals surface area contributed by atoms with Gasteiger partial charge in [0.25, 0.3) is 0 Å². The Balaban J connectivity index is 2.25. The zero-order chi connectivity index (χ0) is 48.3. The molecule has 0 aromatic carbocycles. The number of aliphatic hydroxyl groups excluding tert-OH is 7. The van der Waals surface area contributed by atoms with Gasteiger partial charge in [0.2, 0.25) is 5.91 Å². The summed E-state index contributed by atoms with van der Waals surface area (Å²) in [4.78, 5) is 13.1. The fourth-order valence-electron chi connectivity index (χ4n) is 9.21. The number of amides is 1. The number of hydrogen-bond acceptors (Lipinski definition) is 10. The van der Waals surface area contributed by atoms with Gasteiger partial charge in [-0.25, -0.2) is 0 Å². The molecule has 8 N–H and O–H groups in total. The highest BCUT2D eigenvalue weighted by atomic mass is 16.7. The molecule has 392 valence electrons. The van der Waals surface area contributed by atoms with Gasteiger partial charge in [0.1, 0.15) is 36.6 Å². The largest absolute Gasteiger partial charge is 0.394 e. The molecule has 0 bridgehead atoms. The number of nitrogens with one attached hydrogen (secondary N) is 1. The molecule has 1 aliphatic rings. The van der Waals surface area contributed by atoms with Gasteiger partial charge in [-0.3, -0.25) is 4.79 Å². The third-order valence-corrected chi connectivity index (χ3v) is 13.8. The Bertz CT molecular complexity index is 1080. The number of carbonyl (C=O) groups excluding carboxylic acids is 1. The lowest BCUT2D eigenvalue weighted by Gasteiger charge is -2.40. The zero-order valence-corrected chi connectivity index (χ0v) is 42.7. The molecule has 1 heterocycles. The van der Waals surface area contributed by atoms with E-state index in [1.54, 1.807) is 0 Å². The van der Waals surface area contributed by atoms with E-state index in [4.69, 9.17) is 9.47 Å². The van der Waals surface area contributed by atoms with E-state index in [9.17, 15) is 40.5 Å². The second-order valence-corrected chi connectivity index (χ2v) is 20.0. The Morgan fingerprint density at radius 3 is 1.30 bits per heavy atom. The zero-order valence-electron chi connectivity index (χ0n) is 42.7. The lowest BCUT2D eigenvalue weighted by molar-refractivity contribution is -0.303. The molecule has 9 atom stereocenters. The first kappa shape index (κ1) is 62.9. The average Bonchev–Trinajstić information content (AvgIpc) is 3.32. The lowest BCUT2D eigenvalue weighted by atomic mass is 9.98. The van der Waals surface area contributed by atoms with Crippen molar-refractivity contribution in [2.24, 2.45) is 0 Å². The summed E-state index contributed by atoms with van der Waals surface area (Å²) in [6.45, 7) is 3.44. The minimum Gasteiger partial charge on any atom is -0.394 e. The molecule has 9 unspecified atom stereocenters. The number of hydrogen-bond donors (Lipinski definition) is 8. The Hall–Kier alpha value is -1.15. The molecule has 0 aromatic rings. The summed E-state index contributed by atoms with van der Waals surface area (Å²) >= 11 is 0. The van der Waals surface area contributed by atoms with Crippen LogP contribution in [0, 0.1) is 0 Å². The van der Waals surface area contributed by atoms with E-state index in [0.29, 0.717) is 12.8 Å². The molecule has 1 amide bonds. The molecule has 11 heteroatoms. The van der Waals surface area contributed by atoms with Crippen LogP contribution in [0.2, 0.25) is 0 Å². The maximum atomic E-state index is 13.1. The maximum absolute atomic E-state index is 13.1. The van der Waals surface area contributed by atoms with Crippen LogP contribution in [0.5, 0.6) is 0 Å². The number of carbonyl (C=O) groups is 1. The van der Waals surface area contributed by atoms with E-state index in [-0.39, 0.29) is 12.8 Å². The fourth-order valence-corrected chi connectivity index (χ4v) is 9.21. The van der Waals surface area contributed by atoms with Gasteiger partial charge in [-0.2, -0.15) is 0 Å². The van der Waals surface area contributed by atoms with E-state index in [2.05, 4.69) is 31.3 Å². The van der Waals surface area contributed by atoms with E-state index < -0.39 is 74.2 Å². The lowest BCUT2D eigenvalue weighted by Crippen LogP contribution is -2.60. The molecule has 1 rings (SSSR count). The van der Waals surface area contributed by atoms with Crippen molar-refractivity contribution in [2.75, 3.05) is 13.2 Å². The molecular weight excluding hydrogens is 835 g/mol. The molecule has 1 saturated heterocycles. The van der Waals surface area contributed by atoms with Crippen LogP contribution in [0.15, 0.2) is 12.2 Å². The van der Waals surface area contributed by atoms with Gasteiger partial charge in [0.05, 0.1) is 25.4 Å². The van der Waals surface area contributed by atoms with Crippen molar-refractivity contribution in [2.45, 2.75) is 319 Å². The minimum absolute atomic E-state index is 0.259. The SMILES string of the molecule is CCCCCCCCC/C=C/CCCC(O)C(O)C(COC1OC(CO)C(O)C(O)C1O)NC(=O)C(O)CCCCCCCCCCCCCCCCCCCCCCCCCCCCC. The van der Waals surface area contributed by atoms with Gasteiger partial charge >= 0.3 is 0 Å². The standard InChI is InChI=1S/C55H107NO10/c1-3-5-7-9-11-13-15-17-18-19-20-21-22-23-24-25-26-27-28-29-30-31-33-35-37-39-41-43-48(59)54(64)56-46(45-65-55-53(63)52(62)51(61)49(44-57)66-55)50(60)47(58)42-40-38-36-34-32-16-14-12-10-8-6-4-2/h34,36,46-53,55,57-63H,3-33,35,37-45H2,1-2H3,(H,56,64)/b36-34+. The minimum atomic E-state index is -1.66. The molecule has 0 aromatic heterocycles. The highest BCUT2D eigenvalue weighted by Gasteiger charge is 2.44. The number of ether oxygens (including phenoxy) is 2. The predicted molar refractivity (Wildman–Crippen MR) is 270 cm³/mol. The summed E-state index contributed by atoms with van der Waals surface area (Å²) in [7, 11) is 0. The number of unbranched alkanes of at least 4 members (excludes halogenated alkanes) is 34. The maximum Gasteiger partial charge on any atom is 0.249 e. The van der Waals surface area contributed by atoms with E-state index in [1.165, 1.54) is 186 Å². The van der Waals surface area contributed by atoms with Crippen molar-refractivity contribution < 1.29 is 50.0 Å². The number of aliphatic hydroxyl groups is 7. The normalized spacial score (nSPS) is 20.8. The Morgan fingerprint density at radius 2 is 0.894 bits per heavy atom. The Labute approximate surface area is 404 Å². The molecule has 11 nitrogen and oxygen atoms in total. The smallest absolute Gasteiger partial charge is 0.249 e. The quantitative estimate of drug-likeness (QED) is 0.0215. The molecule has 0 spiro atoms. The third kappa shape index (κ3) is 33.4. The first-order chi connectivity index (χ1) is 32.2.